The van der Waals surface area contributed by atoms with Crippen LogP contribution >= 0.6 is 0 Å². The average Bonchev–Trinajstić information content (AvgIpc) is 2.63. The maximum atomic E-state index is 4.37. The zero-order valence-electron chi connectivity index (χ0n) is 16.9. The van der Waals surface area contributed by atoms with Gasteiger partial charge in [0.25, 0.3) is 0 Å². The minimum Gasteiger partial charge on any atom is -0.356 e. The van der Waals surface area contributed by atoms with Crippen LogP contribution in [0, 0.1) is 0 Å². The number of hydrogen-bond acceptors (Lipinski definition) is 4. The van der Waals surface area contributed by atoms with E-state index in [1.165, 1.54) is 65.0 Å². The molecule has 0 aliphatic carbocycles. The molecule has 0 aromatic rings. The molecule has 2 N–H and O–H groups in total. The molecule has 2 fully saturated rings. The third-order valence-corrected chi connectivity index (χ3v) is 5.80. The summed E-state index contributed by atoms with van der Waals surface area (Å²) in [6, 6.07) is 1.30. The molecule has 0 spiro atoms. The van der Waals surface area contributed by atoms with Gasteiger partial charge in [-0.2, -0.15) is 0 Å². The van der Waals surface area contributed by atoms with E-state index in [0.717, 1.165) is 25.1 Å². The molecule has 2 rings (SSSR count). The maximum Gasteiger partial charge on any atom is 0.191 e. The van der Waals surface area contributed by atoms with Gasteiger partial charge in [0, 0.05) is 64.9 Å². The molecule has 0 aromatic carbocycles. The monoisotopic (exact) mass is 352 g/mol. The second-order valence-electron chi connectivity index (χ2n) is 7.80. The molecule has 25 heavy (non-hydrogen) atoms. The van der Waals surface area contributed by atoms with Crippen molar-refractivity contribution in [3.63, 3.8) is 0 Å². The van der Waals surface area contributed by atoms with Gasteiger partial charge < -0.3 is 20.4 Å². The molecule has 2 unspecified atom stereocenters. The van der Waals surface area contributed by atoms with Crippen LogP contribution in [-0.2, 0) is 0 Å². The molecule has 2 atom stereocenters. The Morgan fingerprint density at radius 3 is 2.56 bits per heavy atom. The van der Waals surface area contributed by atoms with Gasteiger partial charge in [-0.05, 0) is 46.7 Å². The first-order valence-electron chi connectivity index (χ1n) is 10.2. The topological polar surface area (TPSA) is 46.1 Å². The van der Waals surface area contributed by atoms with Crippen LogP contribution in [0.4, 0.5) is 0 Å². The molecular weight excluding hydrogens is 312 g/mol. The van der Waals surface area contributed by atoms with E-state index in [1.807, 2.05) is 7.05 Å². The Morgan fingerprint density at radius 1 is 1.12 bits per heavy atom. The van der Waals surface area contributed by atoms with E-state index in [1.54, 1.807) is 0 Å². The minimum absolute atomic E-state index is 0.543. The molecule has 0 bridgehead atoms. The number of nitrogens with one attached hydrogen (secondary N) is 2. The number of hydrogen-bond donors (Lipinski definition) is 2. The summed E-state index contributed by atoms with van der Waals surface area (Å²) < 4.78 is 0. The largest absolute Gasteiger partial charge is 0.356 e. The Kier molecular flexibility index (Phi) is 8.99. The summed E-state index contributed by atoms with van der Waals surface area (Å²) in [6.07, 6.45) is 5.31. The van der Waals surface area contributed by atoms with Gasteiger partial charge in [-0.25, -0.2) is 0 Å². The Bertz CT molecular complexity index is 391. The van der Waals surface area contributed by atoms with Gasteiger partial charge in [0.05, 0.1) is 0 Å². The second kappa shape index (κ2) is 11.0. The summed E-state index contributed by atoms with van der Waals surface area (Å²) in [5.74, 6) is 0.938. The Morgan fingerprint density at radius 2 is 1.88 bits per heavy atom. The number of rotatable bonds is 7. The molecule has 2 heterocycles. The quantitative estimate of drug-likeness (QED) is 0.407. The zero-order chi connectivity index (χ0) is 18.1. The van der Waals surface area contributed by atoms with Crippen LogP contribution in [0.25, 0.3) is 0 Å². The summed E-state index contributed by atoms with van der Waals surface area (Å²) in [4.78, 5) is 12.0. The Labute approximate surface area is 155 Å². The first kappa shape index (κ1) is 20.5. The molecular formula is C19H40N6. The van der Waals surface area contributed by atoms with Gasteiger partial charge in [-0.15, -0.1) is 0 Å². The van der Waals surface area contributed by atoms with E-state index in [4.69, 9.17) is 0 Å². The number of piperazine rings is 1. The van der Waals surface area contributed by atoms with Gasteiger partial charge in [-0.1, -0.05) is 6.42 Å². The first-order chi connectivity index (χ1) is 12.1. The van der Waals surface area contributed by atoms with Gasteiger partial charge in [-0.3, -0.25) is 9.89 Å². The predicted octanol–water partition coefficient (Wildman–Crippen LogP) is 1.05. The number of aliphatic imine (C=N–C) groups is 1. The van der Waals surface area contributed by atoms with E-state index < -0.39 is 0 Å². The van der Waals surface area contributed by atoms with Crippen LogP contribution < -0.4 is 10.6 Å². The molecule has 2 aliphatic heterocycles. The molecule has 146 valence electrons. The fourth-order valence-electron chi connectivity index (χ4n) is 3.84. The summed E-state index contributed by atoms with van der Waals surface area (Å²) in [7, 11) is 4.07. The predicted molar refractivity (Wildman–Crippen MR) is 107 cm³/mol. The zero-order valence-corrected chi connectivity index (χ0v) is 16.9. The van der Waals surface area contributed by atoms with Crippen LogP contribution in [0.2, 0.25) is 0 Å². The van der Waals surface area contributed by atoms with Crippen molar-refractivity contribution in [3.05, 3.63) is 0 Å². The van der Waals surface area contributed by atoms with Crippen molar-refractivity contribution < 1.29 is 0 Å². The molecule has 6 nitrogen and oxygen atoms in total. The number of likely N-dealkylation sites (N-methyl/N-ethyl adjacent to an activating group) is 1. The van der Waals surface area contributed by atoms with Crippen LogP contribution in [0.3, 0.4) is 0 Å². The Balaban J connectivity index is 1.58. The summed E-state index contributed by atoms with van der Waals surface area (Å²) in [5.41, 5.74) is 0. The first-order valence-corrected chi connectivity index (χ1v) is 10.2. The standard InChI is InChI=1S/C19H40N6/c1-17-8-5-6-10-24(17)11-7-9-21-19(20-3)22-16-18(2)25-14-12-23(4)13-15-25/h17-18H,5-16H2,1-4H3,(H2,20,21,22). The van der Waals surface area contributed by atoms with E-state index in [9.17, 15) is 0 Å². The van der Waals surface area contributed by atoms with E-state index >= 15 is 0 Å². The van der Waals surface area contributed by atoms with Crippen molar-refractivity contribution in [2.24, 2.45) is 4.99 Å². The third-order valence-electron chi connectivity index (χ3n) is 5.80. The lowest BCUT2D eigenvalue weighted by Crippen LogP contribution is -2.52. The van der Waals surface area contributed by atoms with Crippen LogP contribution in [0.15, 0.2) is 4.99 Å². The molecule has 2 saturated heterocycles. The minimum atomic E-state index is 0.543. The molecule has 0 radical (unpaired) electrons. The maximum absolute atomic E-state index is 4.37. The lowest BCUT2D eigenvalue weighted by Gasteiger charge is -2.36. The van der Waals surface area contributed by atoms with Crippen LogP contribution in [0.1, 0.15) is 39.5 Å². The van der Waals surface area contributed by atoms with Crippen molar-refractivity contribution in [1.82, 2.24) is 25.3 Å². The van der Waals surface area contributed by atoms with Crippen LogP contribution in [0.5, 0.6) is 0 Å². The number of likely N-dealkylation sites (tertiary alicyclic amines) is 1. The lowest BCUT2D eigenvalue weighted by molar-refractivity contribution is 0.120. The molecule has 2 aliphatic rings. The van der Waals surface area contributed by atoms with Crippen LogP contribution in [-0.4, -0.2) is 99.2 Å². The Hall–Kier alpha value is -0.850. The fourth-order valence-corrected chi connectivity index (χ4v) is 3.84. The number of piperidine rings is 1. The van der Waals surface area contributed by atoms with Gasteiger partial charge >= 0.3 is 0 Å². The summed E-state index contributed by atoms with van der Waals surface area (Å²) in [5, 5.41) is 6.97. The average molecular weight is 353 g/mol. The summed E-state index contributed by atoms with van der Waals surface area (Å²) >= 11 is 0. The van der Waals surface area contributed by atoms with Gasteiger partial charge in [0.1, 0.15) is 0 Å². The molecule has 6 heteroatoms. The third kappa shape index (κ3) is 7.12. The summed E-state index contributed by atoms with van der Waals surface area (Å²) in [6.45, 7) is 13.8. The fraction of sp³-hybridized carbons (Fsp3) is 0.947. The highest BCUT2D eigenvalue weighted by Crippen LogP contribution is 2.16. The number of nitrogens with zero attached hydrogens (tertiary/aromatic N) is 4. The van der Waals surface area contributed by atoms with Crippen molar-refractivity contribution in [1.29, 1.82) is 0 Å². The lowest BCUT2D eigenvalue weighted by atomic mass is 10.0. The van der Waals surface area contributed by atoms with Crippen molar-refractivity contribution in [2.75, 3.05) is 66.5 Å². The van der Waals surface area contributed by atoms with E-state index in [2.05, 4.69) is 51.2 Å². The highest BCUT2D eigenvalue weighted by atomic mass is 15.3. The van der Waals surface area contributed by atoms with Crippen molar-refractivity contribution >= 4 is 5.96 Å². The smallest absolute Gasteiger partial charge is 0.191 e. The van der Waals surface area contributed by atoms with Gasteiger partial charge in [0.2, 0.25) is 0 Å². The molecule has 0 amide bonds. The highest BCUT2D eigenvalue weighted by Gasteiger charge is 2.19. The van der Waals surface area contributed by atoms with E-state index in [-0.39, 0.29) is 0 Å². The molecule has 0 aromatic heterocycles. The van der Waals surface area contributed by atoms with Crippen molar-refractivity contribution in [3.8, 4) is 0 Å². The van der Waals surface area contributed by atoms with Crippen molar-refractivity contribution in [2.45, 2.75) is 51.6 Å². The van der Waals surface area contributed by atoms with Gasteiger partial charge in [0.15, 0.2) is 5.96 Å². The SMILES string of the molecule is CN=C(NCCCN1CCCCC1C)NCC(C)N1CCN(C)CC1. The number of guanidine groups is 1. The normalized spacial score (nSPS) is 25.8. The van der Waals surface area contributed by atoms with E-state index in [0.29, 0.717) is 6.04 Å². The molecule has 0 saturated carbocycles. The second-order valence-corrected chi connectivity index (χ2v) is 7.80. The highest BCUT2D eigenvalue weighted by molar-refractivity contribution is 5.79.